The second-order valence-electron chi connectivity index (χ2n) is 17.7. The lowest BCUT2D eigenvalue weighted by Gasteiger charge is -2.18. The largest absolute Gasteiger partial charge is 0.462 e. The quantitative estimate of drug-likeness (QED) is 0.0262. The third kappa shape index (κ3) is 55.8. The second-order valence-corrected chi connectivity index (χ2v) is 17.7. The van der Waals surface area contributed by atoms with Crippen LogP contribution in [0.15, 0.2) is 158 Å². The molecule has 0 rings (SSSR count). The molecule has 0 saturated heterocycles. The number of hydrogen-bond acceptors (Lipinski definition) is 6. The summed E-state index contributed by atoms with van der Waals surface area (Å²) in [4.78, 5) is 38.1. The average molecular weight is 978 g/mol. The van der Waals surface area contributed by atoms with Gasteiger partial charge in [-0.2, -0.15) is 0 Å². The van der Waals surface area contributed by atoms with E-state index in [1.807, 2.05) is 0 Å². The Balaban J connectivity index is 4.62. The van der Waals surface area contributed by atoms with Crippen molar-refractivity contribution >= 4 is 17.9 Å². The highest BCUT2D eigenvalue weighted by Crippen LogP contribution is 2.11. The Hall–Kier alpha value is -4.97. The molecule has 6 heteroatoms. The molecule has 0 aliphatic rings. The number of unbranched alkanes of at least 4 members (excludes halogenated alkanes) is 11. The predicted octanol–water partition coefficient (Wildman–Crippen LogP) is 19.0. The smallest absolute Gasteiger partial charge is 0.306 e. The number of allylic oxidation sites excluding steroid dienone is 26. The van der Waals surface area contributed by atoms with E-state index in [0.717, 1.165) is 141 Å². The summed E-state index contributed by atoms with van der Waals surface area (Å²) in [6.45, 7) is 6.27. The summed E-state index contributed by atoms with van der Waals surface area (Å²) < 4.78 is 16.8. The lowest BCUT2D eigenvalue weighted by Crippen LogP contribution is -2.30. The molecule has 0 saturated carbocycles. The minimum atomic E-state index is -0.840. The lowest BCUT2D eigenvalue weighted by atomic mass is 10.1. The van der Waals surface area contributed by atoms with Crippen molar-refractivity contribution in [2.24, 2.45) is 0 Å². The van der Waals surface area contributed by atoms with Crippen molar-refractivity contribution in [2.75, 3.05) is 13.2 Å². The molecule has 396 valence electrons. The van der Waals surface area contributed by atoms with Gasteiger partial charge in [-0.1, -0.05) is 211 Å². The van der Waals surface area contributed by atoms with E-state index >= 15 is 0 Å². The molecule has 0 aliphatic heterocycles. The first-order valence-corrected chi connectivity index (χ1v) is 28.0. The third-order valence-electron chi connectivity index (χ3n) is 11.0. The molecule has 0 N–H and O–H groups in total. The van der Waals surface area contributed by atoms with Gasteiger partial charge in [-0.25, -0.2) is 0 Å². The maximum atomic E-state index is 12.8. The van der Waals surface area contributed by atoms with Crippen LogP contribution in [0.4, 0.5) is 0 Å². The molecule has 71 heavy (non-hydrogen) atoms. The van der Waals surface area contributed by atoms with Crippen LogP contribution in [0.2, 0.25) is 0 Å². The minimum absolute atomic E-state index is 0.131. The summed E-state index contributed by atoms with van der Waals surface area (Å²) in [5, 5.41) is 0. The van der Waals surface area contributed by atoms with Crippen molar-refractivity contribution in [3.63, 3.8) is 0 Å². The predicted molar refractivity (Wildman–Crippen MR) is 306 cm³/mol. The fourth-order valence-corrected chi connectivity index (χ4v) is 6.86. The standard InChI is InChI=1S/C65H100O6/c1-4-7-10-13-16-19-22-25-28-31-32-35-37-40-43-46-49-52-55-58-64(67)70-61-62(71-65(68)59-56-53-50-47-44-41-38-34-30-27-24-21-18-15-12-9-6-3)60-69-63(66)57-54-51-48-45-42-39-36-33-29-26-23-20-17-14-11-8-5-2/h7,9-10,12,16-21,25-30,32,35-36,38-41,43,47,50,62H,4-6,8,11,13-15,22-24,31,33-34,37,42,44-46,48-49,51-61H2,1-3H3/b10-7-,12-9-,19-16-,20-17-,21-18-,28-25-,29-26-,30-27-,35-32-,39-36-,41-38-,43-40-,50-47-/t62-/m1/s1. The van der Waals surface area contributed by atoms with E-state index in [1.54, 1.807) is 0 Å². The molecule has 0 heterocycles. The third-order valence-corrected chi connectivity index (χ3v) is 11.0. The normalized spacial score (nSPS) is 13.3. The van der Waals surface area contributed by atoms with Gasteiger partial charge in [0.1, 0.15) is 13.2 Å². The molecule has 0 bridgehead atoms. The van der Waals surface area contributed by atoms with Crippen molar-refractivity contribution < 1.29 is 28.6 Å². The zero-order chi connectivity index (χ0) is 51.4. The molecule has 0 aromatic carbocycles. The van der Waals surface area contributed by atoms with Crippen molar-refractivity contribution in [3.05, 3.63) is 158 Å². The van der Waals surface area contributed by atoms with E-state index in [1.165, 1.54) is 25.7 Å². The Bertz CT molecular complexity index is 1640. The zero-order valence-electron chi connectivity index (χ0n) is 45.2. The van der Waals surface area contributed by atoms with Crippen LogP contribution in [-0.4, -0.2) is 37.2 Å². The molecule has 0 spiro atoms. The van der Waals surface area contributed by atoms with Crippen LogP contribution in [0.5, 0.6) is 0 Å². The molecule has 0 amide bonds. The Morgan fingerprint density at radius 1 is 0.296 bits per heavy atom. The van der Waals surface area contributed by atoms with E-state index in [-0.39, 0.29) is 37.5 Å². The Morgan fingerprint density at radius 3 is 0.901 bits per heavy atom. The molecule has 0 fully saturated rings. The molecule has 6 nitrogen and oxygen atoms in total. The van der Waals surface area contributed by atoms with Crippen LogP contribution >= 0.6 is 0 Å². The summed E-state index contributed by atoms with van der Waals surface area (Å²) in [5.41, 5.74) is 0. The van der Waals surface area contributed by atoms with Crippen molar-refractivity contribution in [3.8, 4) is 0 Å². The fraction of sp³-hybridized carbons (Fsp3) is 0.554. The minimum Gasteiger partial charge on any atom is -0.462 e. The molecule has 1 atom stereocenters. The van der Waals surface area contributed by atoms with Crippen molar-refractivity contribution in [1.29, 1.82) is 0 Å². The number of esters is 3. The molecular formula is C65H100O6. The van der Waals surface area contributed by atoms with Gasteiger partial charge >= 0.3 is 17.9 Å². The van der Waals surface area contributed by atoms with Crippen molar-refractivity contribution in [2.45, 2.75) is 219 Å². The van der Waals surface area contributed by atoms with Gasteiger partial charge in [-0.05, 0) is 141 Å². The first-order valence-electron chi connectivity index (χ1n) is 28.0. The van der Waals surface area contributed by atoms with E-state index in [9.17, 15) is 14.4 Å². The van der Waals surface area contributed by atoms with E-state index in [0.29, 0.717) is 19.3 Å². The van der Waals surface area contributed by atoms with Gasteiger partial charge in [0.15, 0.2) is 6.10 Å². The SMILES string of the molecule is CC/C=C\C/C=C\C/C=C\C/C=C\C/C=C\CCCCCC(=O)OC[C@@H](COC(=O)CCCCCC/C=C\C/C=C\C/C=C\CCCCC)OC(=O)CCC/C=C\C/C=C\C/C=C\C/C=C\C/C=C\CC. The van der Waals surface area contributed by atoms with Crippen LogP contribution in [0.25, 0.3) is 0 Å². The summed E-state index contributed by atoms with van der Waals surface area (Å²) in [7, 11) is 0. The van der Waals surface area contributed by atoms with E-state index in [2.05, 4.69) is 179 Å². The number of rotatable bonds is 48. The Kier molecular flexibility index (Phi) is 53.6. The van der Waals surface area contributed by atoms with Crippen LogP contribution in [0.3, 0.4) is 0 Å². The monoisotopic (exact) mass is 977 g/mol. The maximum Gasteiger partial charge on any atom is 0.306 e. The molecule has 0 aromatic heterocycles. The zero-order valence-corrected chi connectivity index (χ0v) is 45.2. The Labute approximate surface area is 435 Å². The van der Waals surface area contributed by atoms with Gasteiger partial charge in [-0.3, -0.25) is 14.4 Å². The van der Waals surface area contributed by atoms with Crippen LogP contribution in [-0.2, 0) is 28.6 Å². The second kappa shape index (κ2) is 57.6. The van der Waals surface area contributed by atoms with Gasteiger partial charge in [0.05, 0.1) is 0 Å². The average Bonchev–Trinajstić information content (AvgIpc) is 3.37. The van der Waals surface area contributed by atoms with Crippen LogP contribution < -0.4 is 0 Å². The maximum absolute atomic E-state index is 12.8. The highest BCUT2D eigenvalue weighted by molar-refractivity contribution is 5.71. The number of hydrogen-bond donors (Lipinski definition) is 0. The highest BCUT2D eigenvalue weighted by atomic mass is 16.6. The van der Waals surface area contributed by atoms with Crippen LogP contribution in [0.1, 0.15) is 213 Å². The van der Waals surface area contributed by atoms with E-state index in [4.69, 9.17) is 14.2 Å². The number of carbonyl (C=O) groups is 3. The summed E-state index contributed by atoms with van der Waals surface area (Å²) in [6, 6.07) is 0. The van der Waals surface area contributed by atoms with Gasteiger partial charge in [-0.15, -0.1) is 0 Å². The summed E-state index contributed by atoms with van der Waals surface area (Å²) in [5.74, 6) is -1.05. The molecule has 0 radical (unpaired) electrons. The Morgan fingerprint density at radius 2 is 0.563 bits per heavy atom. The van der Waals surface area contributed by atoms with Gasteiger partial charge in [0.25, 0.3) is 0 Å². The molecule has 0 unspecified atom stereocenters. The molecule has 0 aromatic rings. The first-order chi connectivity index (χ1) is 35.0. The van der Waals surface area contributed by atoms with Crippen LogP contribution in [0, 0.1) is 0 Å². The lowest BCUT2D eigenvalue weighted by molar-refractivity contribution is -0.167. The first kappa shape index (κ1) is 66.0. The van der Waals surface area contributed by atoms with Gasteiger partial charge < -0.3 is 14.2 Å². The topological polar surface area (TPSA) is 78.9 Å². The fourth-order valence-electron chi connectivity index (χ4n) is 6.86. The molecule has 0 aliphatic carbocycles. The van der Waals surface area contributed by atoms with Gasteiger partial charge in [0.2, 0.25) is 0 Å². The number of ether oxygens (including phenoxy) is 3. The van der Waals surface area contributed by atoms with Gasteiger partial charge in [0, 0.05) is 19.3 Å². The molecular weight excluding hydrogens is 877 g/mol. The number of carbonyl (C=O) groups excluding carboxylic acids is 3. The van der Waals surface area contributed by atoms with Crippen molar-refractivity contribution in [1.82, 2.24) is 0 Å². The highest BCUT2D eigenvalue weighted by Gasteiger charge is 2.19. The summed E-state index contributed by atoms with van der Waals surface area (Å²) >= 11 is 0. The summed E-state index contributed by atoms with van der Waals surface area (Å²) in [6.07, 6.45) is 83.7. The van der Waals surface area contributed by atoms with E-state index < -0.39 is 6.10 Å².